The van der Waals surface area contributed by atoms with Crippen LogP contribution in [0.25, 0.3) is 0 Å². The number of hydrogen-bond donors (Lipinski definition) is 1. The summed E-state index contributed by atoms with van der Waals surface area (Å²) in [7, 11) is -3.36. The number of fused-ring (bicyclic) bond motifs is 1. The molecular weight excluding hydrogens is 230 g/mol. The van der Waals surface area contributed by atoms with E-state index in [9.17, 15) is 8.42 Å². The molecule has 3 rings (SSSR count). The van der Waals surface area contributed by atoms with E-state index >= 15 is 0 Å². The molecule has 0 bridgehead atoms. The number of ether oxygens (including phenoxy) is 1. The Kier molecular flexibility index (Phi) is 2.10. The van der Waals surface area contributed by atoms with Gasteiger partial charge in [-0.15, -0.1) is 0 Å². The molecule has 0 atom stereocenters. The van der Waals surface area contributed by atoms with Gasteiger partial charge in [0, 0.05) is 18.7 Å². The fraction of sp³-hybridized carbons (Fsp3) is 0.667. The minimum Gasteiger partial charge on any atom is -0.378 e. The molecule has 0 aromatic carbocycles. The quantitative estimate of drug-likeness (QED) is 0.749. The molecule has 1 aromatic rings. The molecule has 3 heterocycles. The lowest BCUT2D eigenvalue weighted by atomic mass is 10.2. The maximum absolute atomic E-state index is 12.1. The molecule has 0 amide bonds. The molecule has 0 saturated carbocycles. The van der Waals surface area contributed by atoms with Gasteiger partial charge in [0.15, 0.2) is 0 Å². The Balaban J connectivity index is 2.07. The third-order valence-corrected chi connectivity index (χ3v) is 5.10. The molecular formula is C9H13N3O3S. The summed E-state index contributed by atoms with van der Waals surface area (Å²) in [5, 5.41) is 6.89. The maximum Gasteiger partial charge on any atom is 0.261 e. The van der Waals surface area contributed by atoms with Crippen molar-refractivity contribution in [3.05, 3.63) is 17.0 Å². The summed E-state index contributed by atoms with van der Waals surface area (Å²) in [5.41, 5.74) is 2.59. The fourth-order valence-corrected chi connectivity index (χ4v) is 3.55. The number of rotatable bonds is 2. The van der Waals surface area contributed by atoms with E-state index in [1.165, 1.54) is 4.09 Å². The fourth-order valence-electron chi connectivity index (χ4n) is 2.02. The molecule has 1 saturated heterocycles. The zero-order valence-electron chi connectivity index (χ0n) is 8.93. The SMILES string of the molecule is Cc1c2c(nn1S(=O)(=O)C1COC1)CNC2. The molecule has 2 aliphatic rings. The monoisotopic (exact) mass is 243 g/mol. The highest BCUT2D eigenvalue weighted by Gasteiger charge is 2.37. The Morgan fingerprint density at radius 1 is 1.44 bits per heavy atom. The predicted octanol–water partition coefficient (Wildman–Crippen LogP) is -0.629. The van der Waals surface area contributed by atoms with Crippen molar-refractivity contribution in [2.75, 3.05) is 13.2 Å². The molecule has 0 spiro atoms. The highest BCUT2D eigenvalue weighted by molar-refractivity contribution is 7.90. The van der Waals surface area contributed by atoms with E-state index in [2.05, 4.69) is 10.4 Å². The van der Waals surface area contributed by atoms with Gasteiger partial charge in [0.1, 0.15) is 5.25 Å². The van der Waals surface area contributed by atoms with E-state index in [1.807, 2.05) is 0 Å². The van der Waals surface area contributed by atoms with Crippen LogP contribution in [0.1, 0.15) is 17.0 Å². The van der Waals surface area contributed by atoms with Crippen LogP contribution in [0, 0.1) is 6.92 Å². The molecule has 1 aromatic heterocycles. The van der Waals surface area contributed by atoms with E-state index in [1.54, 1.807) is 6.92 Å². The van der Waals surface area contributed by atoms with Gasteiger partial charge < -0.3 is 10.1 Å². The third-order valence-electron chi connectivity index (χ3n) is 3.15. The largest absolute Gasteiger partial charge is 0.378 e. The number of aromatic nitrogens is 2. The Labute approximate surface area is 93.6 Å². The van der Waals surface area contributed by atoms with E-state index in [-0.39, 0.29) is 13.2 Å². The van der Waals surface area contributed by atoms with Crippen LogP contribution >= 0.6 is 0 Å². The lowest BCUT2D eigenvalue weighted by molar-refractivity contribution is 0.0410. The van der Waals surface area contributed by atoms with Crippen LogP contribution in [0.15, 0.2) is 0 Å². The Morgan fingerprint density at radius 3 is 2.75 bits per heavy atom. The van der Waals surface area contributed by atoms with Crippen molar-refractivity contribution in [2.45, 2.75) is 25.3 Å². The van der Waals surface area contributed by atoms with Crippen LogP contribution in [0.4, 0.5) is 0 Å². The van der Waals surface area contributed by atoms with Crippen molar-refractivity contribution in [3.63, 3.8) is 0 Å². The molecule has 6 nitrogen and oxygen atoms in total. The lowest BCUT2D eigenvalue weighted by Gasteiger charge is -2.25. The molecule has 1 fully saturated rings. The zero-order valence-corrected chi connectivity index (χ0v) is 9.75. The molecule has 0 unspecified atom stereocenters. The van der Waals surface area contributed by atoms with E-state index in [0.717, 1.165) is 17.0 Å². The van der Waals surface area contributed by atoms with Gasteiger partial charge in [-0.3, -0.25) is 0 Å². The van der Waals surface area contributed by atoms with E-state index in [4.69, 9.17) is 4.74 Å². The van der Waals surface area contributed by atoms with Crippen molar-refractivity contribution in [2.24, 2.45) is 0 Å². The molecule has 0 radical (unpaired) electrons. The van der Waals surface area contributed by atoms with Gasteiger partial charge in [0.2, 0.25) is 0 Å². The van der Waals surface area contributed by atoms with Gasteiger partial charge in [-0.1, -0.05) is 0 Å². The third kappa shape index (κ3) is 1.25. The van der Waals surface area contributed by atoms with Gasteiger partial charge in [-0.2, -0.15) is 9.19 Å². The van der Waals surface area contributed by atoms with E-state index in [0.29, 0.717) is 13.1 Å². The van der Waals surface area contributed by atoms with Crippen LogP contribution in [-0.2, 0) is 27.8 Å². The van der Waals surface area contributed by atoms with Crippen LogP contribution < -0.4 is 5.32 Å². The summed E-state index contributed by atoms with van der Waals surface area (Å²) in [6.45, 7) is 3.72. The standard InChI is InChI=1S/C9H13N3O3S/c1-6-8-2-10-3-9(8)11-12(6)16(13,14)7-4-15-5-7/h7,10H,2-5H2,1H3. The van der Waals surface area contributed by atoms with Crippen LogP contribution in [0.5, 0.6) is 0 Å². The van der Waals surface area contributed by atoms with Gasteiger partial charge >= 0.3 is 0 Å². The first kappa shape index (κ1) is 10.2. The average molecular weight is 243 g/mol. The number of hydrogen-bond acceptors (Lipinski definition) is 5. The highest BCUT2D eigenvalue weighted by Crippen LogP contribution is 2.23. The first-order valence-corrected chi connectivity index (χ1v) is 6.71. The summed E-state index contributed by atoms with van der Waals surface area (Å²) in [5.74, 6) is 0. The summed E-state index contributed by atoms with van der Waals surface area (Å²) in [4.78, 5) is 0. The maximum atomic E-state index is 12.1. The average Bonchev–Trinajstić information content (AvgIpc) is 2.65. The zero-order chi connectivity index (χ0) is 11.3. The van der Waals surface area contributed by atoms with Gasteiger partial charge in [-0.25, -0.2) is 8.42 Å². The van der Waals surface area contributed by atoms with Gasteiger partial charge in [-0.05, 0) is 6.92 Å². The van der Waals surface area contributed by atoms with Gasteiger partial charge in [0.25, 0.3) is 10.0 Å². The summed E-state index contributed by atoms with van der Waals surface area (Å²) in [6.07, 6.45) is 0. The summed E-state index contributed by atoms with van der Waals surface area (Å²) in [6, 6.07) is 0. The Hall–Kier alpha value is -0.920. The Bertz CT molecular complexity index is 530. The lowest BCUT2D eigenvalue weighted by Crippen LogP contribution is -2.44. The topological polar surface area (TPSA) is 73.2 Å². The van der Waals surface area contributed by atoms with Crippen LogP contribution in [0.2, 0.25) is 0 Å². The predicted molar refractivity (Wildman–Crippen MR) is 56.4 cm³/mol. The van der Waals surface area contributed by atoms with E-state index < -0.39 is 15.3 Å². The number of nitrogens with one attached hydrogen (secondary N) is 1. The smallest absolute Gasteiger partial charge is 0.261 e. The van der Waals surface area contributed by atoms with Crippen LogP contribution in [-0.4, -0.2) is 36.1 Å². The van der Waals surface area contributed by atoms with Crippen molar-refractivity contribution >= 4 is 10.0 Å². The second kappa shape index (κ2) is 3.28. The normalized spacial score (nSPS) is 20.8. The second-order valence-corrected chi connectivity index (χ2v) is 6.20. The minimum absolute atomic E-state index is 0.282. The summed E-state index contributed by atoms with van der Waals surface area (Å²) < 4.78 is 30.4. The van der Waals surface area contributed by atoms with Crippen molar-refractivity contribution in [1.29, 1.82) is 0 Å². The first-order valence-electron chi connectivity index (χ1n) is 5.21. The van der Waals surface area contributed by atoms with Crippen LogP contribution in [0.3, 0.4) is 0 Å². The van der Waals surface area contributed by atoms with Gasteiger partial charge in [0.05, 0.1) is 24.6 Å². The number of nitrogens with zero attached hydrogens (tertiary/aromatic N) is 2. The highest BCUT2D eigenvalue weighted by atomic mass is 32.2. The second-order valence-electron chi connectivity index (χ2n) is 4.16. The molecule has 2 aliphatic heterocycles. The van der Waals surface area contributed by atoms with Crippen molar-refractivity contribution in [1.82, 2.24) is 14.5 Å². The van der Waals surface area contributed by atoms with Crippen molar-refractivity contribution in [3.8, 4) is 0 Å². The molecule has 0 aliphatic carbocycles. The first-order chi connectivity index (χ1) is 7.60. The summed E-state index contributed by atoms with van der Waals surface area (Å²) >= 11 is 0. The minimum atomic E-state index is -3.36. The molecule has 7 heteroatoms. The van der Waals surface area contributed by atoms with Crippen molar-refractivity contribution < 1.29 is 13.2 Å². The molecule has 88 valence electrons. The Morgan fingerprint density at radius 2 is 2.19 bits per heavy atom. The molecule has 1 N–H and O–H groups in total. The molecule has 16 heavy (non-hydrogen) atoms.